The molecule has 2 bridgehead atoms. The Kier molecular flexibility index (Phi) is 4.61. The molecule has 4 heterocycles. The Labute approximate surface area is 186 Å². The van der Waals surface area contributed by atoms with E-state index in [0.717, 1.165) is 12.3 Å². The largest absolute Gasteiger partial charge is 0.364 e. The van der Waals surface area contributed by atoms with Gasteiger partial charge in [0.25, 0.3) is 0 Å². The molecule has 4 aromatic heterocycles. The number of anilines is 1. The molecule has 3 saturated carbocycles. The average molecular weight is 456 g/mol. The van der Waals surface area contributed by atoms with Crippen LogP contribution in [0.4, 0.5) is 10.2 Å². The molecule has 158 valence electrons. The van der Waals surface area contributed by atoms with Crippen LogP contribution in [0.25, 0.3) is 33.1 Å². The minimum atomic E-state index is -0.446. The van der Waals surface area contributed by atoms with Crippen LogP contribution in [0.1, 0.15) is 32.1 Å². The molecule has 0 amide bonds. The summed E-state index contributed by atoms with van der Waals surface area (Å²) >= 11 is 7.27. The summed E-state index contributed by atoms with van der Waals surface area (Å²) in [4.78, 5) is 21.5. The van der Waals surface area contributed by atoms with E-state index in [-0.39, 0.29) is 22.7 Å². The maximum atomic E-state index is 15.6. The van der Waals surface area contributed by atoms with Crippen LogP contribution < -0.4 is 5.32 Å². The fraction of sp³-hybridized carbons (Fsp3) is 0.381. The number of halogens is 2. The Morgan fingerprint density at radius 2 is 2.03 bits per heavy atom. The van der Waals surface area contributed by atoms with Crippen molar-refractivity contribution in [1.29, 1.82) is 0 Å². The minimum absolute atomic E-state index is 0.232. The van der Waals surface area contributed by atoms with Crippen molar-refractivity contribution in [2.45, 2.75) is 38.1 Å². The van der Waals surface area contributed by atoms with Crippen molar-refractivity contribution in [3.8, 4) is 22.0 Å². The van der Waals surface area contributed by atoms with Crippen molar-refractivity contribution in [2.75, 3.05) is 5.32 Å². The molecule has 0 spiro atoms. The predicted molar refractivity (Wildman–Crippen MR) is 118 cm³/mol. The zero-order valence-corrected chi connectivity index (χ0v) is 18.0. The zero-order chi connectivity index (χ0) is 20.9. The average Bonchev–Trinajstić information content (AvgIpc) is 3.46. The van der Waals surface area contributed by atoms with Gasteiger partial charge in [0.05, 0.1) is 16.6 Å². The highest BCUT2D eigenvalue weighted by Gasteiger charge is 2.36. The van der Waals surface area contributed by atoms with Crippen molar-refractivity contribution in [2.24, 2.45) is 11.8 Å². The number of aromatic nitrogens is 6. The first-order valence-corrected chi connectivity index (χ1v) is 11.6. The van der Waals surface area contributed by atoms with E-state index in [1.807, 2.05) is 0 Å². The lowest BCUT2D eigenvalue weighted by atomic mass is 9.68. The zero-order valence-electron chi connectivity index (χ0n) is 16.5. The van der Waals surface area contributed by atoms with E-state index in [0.29, 0.717) is 33.3 Å². The van der Waals surface area contributed by atoms with Crippen LogP contribution in [0, 0.1) is 17.7 Å². The first-order chi connectivity index (χ1) is 15.2. The van der Waals surface area contributed by atoms with Crippen molar-refractivity contribution in [1.82, 2.24) is 29.3 Å². The van der Waals surface area contributed by atoms with Gasteiger partial charge in [-0.15, -0.1) is 0 Å². The van der Waals surface area contributed by atoms with Crippen molar-refractivity contribution >= 4 is 40.1 Å². The Hall–Kier alpha value is -2.65. The Balaban J connectivity index is 1.47. The number of hydrogen-bond donors (Lipinski definition) is 2. The van der Waals surface area contributed by atoms with Gasteiger partial charge in [-0.25, -0.2) is 28.7 Å². The SMILES string of the molecule is Fc1c(N[C@@H]2CC3CCC2CC3)nc(-c2c[nH]c3ncc(Cl)nc23)nc1-c1ccns1. The maximum Gasteiger partial charge on any atom is 0.192 e. The molecule has 0 unspecified atom stereocenters. The van der Waals surface area contributed by atoms with Crippen molar-refractivity contribution < 1.29 is 4.39 Å². The Morgan fingerprint density at radius 1 is 1.16 bits per heavy atom. The molecule has 31 heavy (non-hydrogen) atoms. The van der Waals surface area contributed by atoms with Gasteiger partial charge in [-0.3, -0.25) is 0 Å². The van der Waals surface area contributed by atoms with Gasteiger partial charge < -0.3 is 10.3 Å². The third kappa shape index (κ3) is 3.36. The van der Waals surface area contributed by atoms with Crippen LogP contribution in [0.3, 0.4) is 0 Å². The van der Waals surface area contributed by atoms with E-state index in [4.69, 9.17) is 11.6 Å². The predicted octanol–water partition coefficient (Wildman–Crippen LogP) is 5.32. The van der Waals surface area contributed by atoms with Crippen LogP contribution in [0.5, 0.6) is 0 Å². The molecule has 7 nitrogen and oxygen atoms in total. The van der Waals surface area contributed by atoms with Crippen LogP contribution in [-0.2, 0) is 0 Å². The highest BCUT2D eigenvalue weighted by Crippen LogP contribution is 2.43. The number of fused-ring (bicyclic) bond motifs is 4. The molecule has 4 aromatic rings. The van der Waals surface area contributed by atoms with E-state index in [1.165, 1.54) is 43.4 Å². The molecule has 0 saturated heterocycles. The molecule has 3 aliphatic rings. The van der Waals surface area contributed by atoms with Gasteiger partial charge in [-0.05, 0) is 48.7 Å². The second-order valence-corrected chi connectivity index (χ2v) is 9.52. The van der Waals surface area contributed by atoms with E-state index in [9.17, 15) is 0 Å². The maximum absolute atomic E-state index is 15.6. The summed E-state index contributed by atoms with van der Waals surface area (Å²) in [6.45, 7) is 0. The molecule has 1 atom stereocenters. The van der Waals surface area contributed by atoms with Gasteiger partial charge in [-0.2, -0.15) is 0 Å². The summed E-state index contributed by atoms with van der Waals surface area (Å²) < 4.78 is 19.7. The summed E-state index contributed by atoms with van der Waals surface area (Å²) in [7, 11) is 0. The molecular formula is C21H19ClFN7S. The van der Waals surface area contributed by atoms with E-state index in [2.05, 4.69) is 34.6 Å². The van der Waals surface area contributed by atoms with Crippen LogP contribution >= 0.6 is 23.1 Å². The van der Waals surface area contributed by atoms with Gasteiger partial charge in [-0.1, -0.05) is 24.4 Å². The van der Waals surface area contributed by atoms with Gasteiger partial charge in [0.15, 0.2) is 23.1 Å². The fourth-order valence-corrected chi connectivity index (χ4v) is 5.65. The molecule has 0 aliphatic heterocycles. The minimum Gasteiger partial charge on any atom is -0.364 e. The van der Waals surface area contributed by atoms with E-state index in [1.54, 1.807) is 18.5 Å². The van der Waals surface area contributed by atoms with Crippen molar-refractivity contribution in [3.63, 3.8) is 0 Å². The molecule has 3 aliphatic carbocycles. The highest BCUT2D eigenvalue weighted by molar-refractivity contribution is 7.09. The molecule has 0 radical (unpaired) electrons. The number of nitrogens with zero attached hydrogens (tertiary/aromatic N) is 5. The van der Waals surface area contributed by atoms with Crippen LogP contribution in [0.15, 0.2) is 24.7 Å². The smallest absolute Gasteiger partial charge is 0.192 e. The normalized spacial score (nSPS) is 22.8. The molecule has 7 rings (SSSR count). The number of rotatable bonds is 4. The first-order valence-electron chi connectivity index (χ1n) is 10.4. The molecular weight excluding hydrogens is 437 g/mol. The van der Waals surface area contributed by atoms with E-state index < -0.39 is 5.82 Å². The monoisotopic (exact) mass is 455 g/mol. The van der Waals surface area contributed by atoms with Gasteiger partial charge in [0.1, 0.15) is 16.4 Å². The Morgan fingerprint density at radius 3 is 2.77 bits per heavy atom. The molecule has 2 N–H and O–H groups in total. The van der Waals surface area contributed by atoms with Crippen LogP contribution in [0.2, 0.25) is 5.15 Å². The second-order valence-electron chi connectivity index (χ2n) is 8.29. The Bertz CT molecular complexity index is 1250. The van der Waals surface area contributed by atoms with Crippen molar-refractivity contribution in [3.05, 3.63) is 35.6 Å². The van der Waals surface area contributed by atoms with Gasteiger partial charge in [0, 0.05) is 18.4 Å². The van der Waals surface area contributed by atoms with E-state index >= 15 is 4.39 Å². The van der Waals surface area contributed by atoms with Gasteiger partial charge in [0.2, 0.25) is 0 Å². The molecule has 3 fully saturated rings. The highest BCUT2D eigenvalue weighted by atomic mass is 35.5. The lowest BCUT2D eigenvalue weighted by Gasteiger charge is -2.42. The summed E-state index contributed by atoms with van der Waals surface area (Å²) in [6, 6.07) is 1.99. The summed E-state index contributed by atoms with van der Waals surface area (Å²) in [5, 5.41) is 3.70. The molecule has 10 heteroatoms. The quantitative estimate of drug-likeness (QED) is 0.432. The molecule has 0 aromatic carbocycles. The number of nitrogens with one attached hydrogen (secondary N) is 2. The summed E-state index contributed by atoms with van der Waals surface area (Å²) in [5.74, 6) is 1.44. The second kappa shape index (κ2) is 7.49. The topological polar surface area (TPSA) is 92.3 Å². The summed E-state index contributed by atoms with van der Waals surface area (Å²) in [6.07, 6.45) is 10.9. The lowest BCUT2D eigenvalue weighted by molar-refractivity contribution is 0.157. The number of hydrogen-bond acceptors (Lipinski definition) is 7. The van der Waals surface area contributed by atoms with Crippen LogP contribution in [-0.4, -0.2) is 35.3 Å². The fourth-order valence-electron chi connectivity index (χ4n) is 4.93. The third-order valence-electron chi connectivity index (χ3n) is 6.48. The number of aromatic amines is 1. The lowest BCUT2D eigenvalue weighted by Crippen LogP contribution is -2.40. The third-order valence-corrected chi connectivity index (χ3v) is 7.42. The number of H-pyrrole nitrogens is 1. The standard InChI is InChI=1S/C21H19ClFN7S/c22-15-9-25-21-17(28-15)12(8-24-21)19-29-18(14-5-6-26-31-14)16(23)20(30-19)27-13-7-10-1-3-11(13)4-2-10/h5-6,8-11,13H,1-4,7H2,(H,24,25)(H,27,29,30)/t10?,11?,13-/m1/s1. The van der Waals surface area contributed by atoms with Gasteiger partial charge >= 0.3 is 0 Å². The summed E-state index contributed by atoms with van der Waals surface area (Å²) in [5.41, 5.74) is 1.99. The first kappa shape index (κ1) is 19.1.